The molecule has 0 aliphatic carbocycles. The van der Waals surface area contributed by atoms with Gasteiger partial charge in [-0.25, -0.2) is 0 Å². The molecule has 0 unspecified atom stereocenters. The van der Waals surface area contributed by atoms with Gasteiger partial charge < -0.3 is 0 Å². The van der Waals surface area contributed by atoms with Crippen molar-refractivity contribution >= 4 is 33.2 Å². The van der Waals surface area contributed by atoms with E-state index in [-0.39, 0.29) is 0 Å². The average molecular weight is 367 g/mol. The Bertz CT molecular complexity index is 226. The van der Waals surface area contributed by atoms with Crippen molar-refractivity contribution in [1.82, 2.24) is 0 Å². The topological polar surface area (TPSA) is 0 Å². The smallest absolute Gasteiger partial charge is 0.0353 e. The first-order valence-electron chi connectivity index (χ1n) is 9.35. The maximum Gasteiger partial charge on any atom is 0.0353 e. The van der Waals surface area contributed by atoms with Gasteiger partial charge in [0.2, 0.25) is 0 Å². The van der Waals surface area contributed by atoms with E-state index >= 15 is 0 Å². The van der Waals surface area contributed by atoms with Gasteiger partial charge in [0.15, 0.2) is 0 Å². The van der Waals surface area contributed by atoms with Crippen molar-refractivity contribution in [3.8, 4) is 0 Å². The summed E-state index contributed by atoms with van der Waals surface area (Å²) in [5, 5.41) is 0.620. The van der Waals surface area contributed by atoms with E-state index in [0.717, 1.165) is 11.8 Å². The molecule has 0 rings (SSSR count). The lowest BCUT2D eigenvalue weighted by Crippen LogP contribution is -2.20. The van der Waals surface area contributed by atoms with E-state index in [2.05, 4.69) is 34.6 Å². The molecule has 134 valence electrons. The molecule has 0 saturated carbocycles. The van der Waals surface area contributed by atoms with Gasteiger partial charge in [-0.05, 0) is 18.8 Å². The zero-order valence-corrected chi connectivity index (χ0v) is 18.0. The second-order valence-electron chi connectivity index (χ2n) is 7.44. The molecule has 0 saturated heterocycles. The van der Waals surface area contributed by atoms with E-state index in [1.165, 1.54) is 64.2 Å². The van der Waals surface area contributed by atoms with Crippen LogP contribution in [-0.4, -0.2) is 15.9 Å². The first-order valence-corrected chi connectivity index (χ1v) is 12.1. The van der Waals surface area contributed by atoms with Gasteiger partial charge in [-0.3, -0.25) is 0 Å². The van der Waals surface area contributed by atoms with Crippen LogP contribution in [0.5, 0.6) is 0 Å². The molecule has 0 aromatic rings. The highest BCUT2D eigenvalue weighted by Crippen LogP contribution is 2.42. The number of alkyl halides is 1. The van der Waals surface area contributed by atoms with Crippen molar-refractivity contribution < 1.29 is 0 Å². The predicted octanol–water partition coefficient (Wildman–Crippen LogP) is 8.33. The maximum atomic E-state index is 6.34. The highest BCUT2D eigenvalue weighted by Gasteiger charge is 2.23. The Kier molecular flexibility index (Phi) is 15.0. The SMILES string of the molecule is CCCCCCC(CCCCCC)[C@@H](CCl)SSC(C)(C)C. The first-order chi connectivity index (χ1) is 10.4. The fourth-order valence-electron chi connectivity index (χ4n) is 2.62. The molecular formula is C19H39ClS2. The van der Waals surface area contributed by atoms with Crippen LogP contribution in [0.25, 0.3) is 0 Å². The van der Waals surface area contributed by atoms with Crippen LogP contribution in [0.15, 0.2) is 0 Å². The third-order valence-electron chi connectivity index (χ3n) is 3.96. The molecule has 0 N–H and O–H groups in total. The summed E-state index contributed by atoms with van der Waals surface area (Å²) in [6, 6.07) is 0. The lowest BCUT2D eigenvalue weighted by Gasteiger charge is -2.27. The molecule has 0 heterocycles. The quantitative estimate of drug-likeness (QED) is 0.172. The van der Waals surface area contributed by atoms with Crippen LogP contribution in [-0.2, 0) is 0 Å². The highest BCUT2D eigenvalue weighted by molar-refractivity contribution is 8.77. The van der Waals surface area contributed by atoms with E-state index in [0.29, 0.717) is 10.00 Å². The Hall–Kier alpha value is 0.990. The second-order valence-corrected chi connectivity index (χ2v) is 11.0. The van der Waals surface area contributed by atoms with Crippen LogP contribution in [0.3, 0.4) is 0 Å². The minimum Gasteiger partial charge on any atom is -0.125 e. The predicted molar refractivity (Wildman–Crippen MR) is 110 cm³/mol. The Morgan fingerprint density at radius 2 is 1.32 bits per heavy atom. The molecule has 1 atom stereocenters. The lowest BCUT2D eigenvalue weighted by atomic mass is 9.92. The van der Waals surface area contributed by atoms with Crippen LogP contribution >= 0.6 is 33.2 Å². The van der Waals surface area contributed by atoms with Gasteiger partial charge >= 0.3 is 0 Å². The molecule has 0 fully saturated rings. The molecule has 0 amide bonds. The zero-order valence-electron chi connectivity index (χ0n) is 15.6. The van der Waals surface area contributed by atoms with E-state index in [1.54, 1.807) is 0 Å². The Labute approximate surface area is 153 Å². The molecular weight excluding hydrogens is 328 g/mol. The molecule has 0 bridgehead atoms. The summed E-state index contributed by atoms with van der Waals surface area (Å²) < 4.78 is 0.323. The minimum atomic E-state index is 0.323. The molecule has 3 heteroatoms. The van der Waals surface area contributed by atoms with Crippen molar-refractivity contribution in [2.45, 2.75) is 109 Å². The largest absolute Gasteiger partial charge is 0.125 e. The van der Waals surface area contributed by atoms with Crippen molar-refractivity contribution in [2.75, 3.05) is 5.88 Å². The Balaban J connectivity index is 4.34. The monoisotopic (exact) mass is 366 g/mol. The summed E-state index contributed by atoms with van der Waals surface area (Å²) in [4.78, 5) is 0. The highest BCUT2D eigenvalue weighted by atomic mass is 35.5. The van der Waals surface area contributed by atoms with Gasteiger partial charge in [-0.2, -0.15) is 0 Å². The van der Waals surface area contributed by atoms with Crippen LogP contribution in [0.2, 0.25) is 0 Å². The van der Waals surface area contributed by atoms with E-state index in [9.17, 15) is 0 Å². The van der Waals surface area contributed by atoms with Gasteiger partial charge in [0.25, 0.3) is 0 Å². The van der Waals surface area contributed by atoms with Gasteiger partial charge in [-0.1, -0.05) is 108 Å². The zero-order chi connectivity index (χ0) is 16.8. The molecule has 0 spiro atoms. The molecule has 0 nitrogen and oxygen atoms in total. The summed E-state index contributed by atoms with van der Waals surface area (Å²) in [7, 11) is 4.06. The Morgan fingerprint density at radius 1 is 0.818 bits per heavy atom. The molecule has 0 aliphatic heterocycles. The van der Waals surface area contributed by atoms with E-state index in [4.69, 9.17) is 11.6 Å². The van der Waals surface area contributed by atoms with Gasteiger partial charge in [-0.15, -0.1) is 11.6 Å². The molecule has 0 aromatic heterocycles. The molecule has 0 aliphatic rings. The van der Waals surface area contributed by atoms with Crippen molar-refractivity contribution in [1.29, 1.82) is 0 Å². The maximum absolute atomic E-state index is 6.34. The minimum absolute atomic E-state index is 0.323. The van der Waals surface area contributed by atoms with Gasteiger partial charge in [0.1, 0.15) is 0 Å². The summed E-state index contributed by atoms with van der Waals surface area (Å²) in [5.41, 5.74) is 0. The van der Waals surface area contributed by atoms with Gasteiger partial charge in [0.05, 0.1) is 0 Å². The number of unbranched alkanes of at least 4 members (excludes halogenated alkanes) is 6. The first kappa shape index (κ1) is 23.0. The fraction of sp³-hybridized carbons (Fsp3) is 1.00. The van der Waals surface area contributed by atoms with Crippen molar-refractivity contribution in [2.24, 2.45) is 5.92 Å². The molecule has 0 radical (unpaired) electrons. The molecule has 22 heavy (non-hydrogen) atoms. The average Bonchev–Trinajstić information content (AvgIpc) is 2.46. The third kappa shape index (κ3) is 13.4. The number of hydrogen-bond acceptors (Lipinski definition) is 2. The summed E-state index contributed by atoms with van der Waals surface area (Å²) in [6.07, 6.45) is 13.8. The molecule has 0 aromatic carbocycles. The summed E-state index contributed by atoms with van der Waals surface area (Å²) in [5.74, 6) is 1.62. The van der Waals surface area contributed by atoms with Gasteiger partial charge in [0, 0.05) is 15.9 Å². The summed E-state index contributed by atoms with van der Waals surface area (Å²) in [6.45, 7) is 11.5. The standard InChI is InChI=1S/C19H39ClS2/c1-6-8-10-12-14-17(15-13-11-9-7-2)18(16-20)21-22-19(3,4)5/h17-18H,6-16H2,1-5H3/t18-/m1/s1. The van der Waals surface area contributed by atoms with Crippen LogP contribution in [0.4, 0.5) is 0 Å². The van der Waals surface area contributed by atoms with Crippen LogP contribution < -0.4 is 0 Å². The van der Waals surface area contributed by atoms with E-state index in [1.807, 2.05) is 21.6 Å². The van der Waals surface area contributed by atoms with E-state index < -0.39 is 0 Å². The van der Waals surface area contributed by atoms with Crippen molar-refractivity contribution in [3.63, 3.8) is 0 Å². The summed E-state index contributed by atoms with van der Waals surface area (Å²) >= 11 is 6.34. The number of halogens is 1. The number of hydrogen-bond donors (Lipinski definition) is 0. The Morgan fingerprint density at radius 3 is 1.68 bits per heavy atom. The normalized spacial score (nSPS) is 13.8. The lowest BCUT2D eigenvalue weighted by molar-refractivity contribution is 0.406. The fourth-order valence-corrected chi connectivity index (χ4v) is 6.09. The van der Waals surface area contributed by atoms with Crippen LogP contribution in [0, 0.1) is 5.92 Å². The van der Waals surface area contributed by atoms with Crippen LogP contribution in [0.1, 0.15) is 98.8 Å². The van der Waals surface area contributed by atoms with Crippen molar-refractivity contribution in [3.05, 3.63) is 0 Å². The third-order valence-corrected chi connectivity index (χ3v) is 8.40. The number of rotatable bonds is 14. The second kappa shape index (κ2) is 14.3.